The van der Waals surface area contributed by atoms with E-state index in [1.807, 2.05) is 28.7 Å². The number of thiophene rings is 2. The molecule has 0 N–H and O–H groups in total. The van der Waals surface area contributed by atoms with Gasteiger partial charge in [0.15, 0.2) is 0 Å². The zero-order valence-corrected chi connectivity index (χ0v) is 40.3. The fraction of sp³-hybridized carbons (Fsp3) is 0. The average Bonchev–Trinajstić information content (AvgIpc) is 4.23. The van der Waals surface area contributed by atoms with Gasteiger partial charge in [0.1, 0.15) is 22.3 Å². The molecule has 6 heteroatoms. The van der Waals surface area contributed by atoms with Gasteiger partial charge in [-0.3, -0.25) is 0 Å². The van der Waals surface area contributed by atoms with E-state index in [1.165, 1.54) is 40.3 Å². The quantitative estimate of drug-likeness (QED) is 0.152. The van der Waals surface area contributed by atoms with E-state index in [-0.39, 0.29) is 0 Å². The van der Waals surface area contributed by atoms with E-state index in [0.29, 0.717) is 0 Å². The maximum absolute atomic E-state index is 6.89. The second-order valence-corrected chi connectivity index (χ2v) is 20.4. The third kappa shape index (κ3) is 6.36. The van der Waals surface area contributed by atoms with Crippen molar-refractivity contribution in [2.75, 3.05) is 9.80 Å². The van der Waals surface area contributed by atoms with E-state index in [1.54, 1.807) is 0 Å². The minimum atomic E-state index is 0.858. The van der Waals surface area contributed by atoms with Crippen molar-refractivity contribution in [1.29, 1.82) is 0 Å². The molecule has 0 spiro atoms. The van der Waals surface area contributed by atoms with Crippen molar-refractivity contribution >= 4 is 141 Å². The largest absolute Gasteiger partial charge is 0.456 e. The second kappa shape index (κ2) is 16.3. The Labute approximate surface area is 422 Å². The van der Waals surface area contributed by atoms with Crippen LogP contribution < -0.4 is 9.80 Å². The van der Waals surface area contributed by atoms with Crippen LogP contribution in [0, 0.1) is 0 Å². The zero-order valence-electron chi connectivity index (χ0n) is 38.6. The molecule has 72 heavy (non-hydrogen) atoms. The number of hydrogen-bond acceptors (Lipinski definition) is 6. The SMILES string of the molecule is c1ccc(-c2ccc(N(c3cccc(-c4cccc(N(c5cccc6c5sc5ccccc56)c5cccc6oc7ccccc7c56)c4)c3)c3cccc4c3sc3ccccc34)c3c2oc2ccccc23)cc1. The fourth-order valence-corrected chi connectivity index (χ4v) is 13.5. The number of furan rings is 2. The summed E-state index contributed by atoms with van der Waals surface area (Å²) in [6, 6.07) is 87.4. The molecular weight excluding hydrogens is 917 g/mol. The highest BCUT2D eigenvalue weighted by atomic mass is 32.1. The molecule has 0 unspecified atom stereocenters. The Morgan fingerprint density at radius 2 is 0.736 bits per heavy atom. The van der Waals surface area contributed by atoms with Crippen molar-refractivity contribution in [1.82, 2.24) is 0 Å². The average molecular weight is 957 g/mol. The van der Waals surface area contributed by atoms with Crippen molar-refractivity contribution in [3.8, 4) is 22.3 Å². The van der Waals surface area contributed by atoms with Crippen molar-refractivity contribution < 1.29 is 8.83 Å². The maximum Gasteiger partial charge on any atom is 0.145 e. The zero-order chi connectivity index (χ0) is 47.3. The first-order valence-electron chi connectivity index (χ1n) is 24.2. The molecule has 338 valence electrons. The molecular formula is C66H40N2O2S2. The van der Waals surface area contributed by atoms with Gasteiger partial charge in [-0.05, 0) is 102 Å². The van der Waals surface area contributed by atoms with Crippen LogP contribution in [0.25, 0.3) is 106 Å². The molecule has 0 saturated carbocycles. The monoisotopic (exact) mass is 956 g/mol. The summed E-state index contributed by atoms with van der Waals surface area (Å²) in [5.41, 5.74) is 14.3. The second-order valence-electron chi connectivity index (χ2n) is 18.3. The van der Waals surface area contributed by atoms with Gasteiger partial charge in [-0.2, -0.15) is 0 Å². The van der Waals surface area contributed by atoms with Gasteiger partial charge in [0.2, 0.25) is 0 Å². The minimum absolute atomic E-state index is 0.858. The van der Waals surface area contributed by atoms with Gasteiger partial charge in [-0.15, -0.1) is 22.7 Å². The molecule has 15 aromatic rings. The smallest absolute Gasteiger partial charge is 0.145 e. The van der Waals surface area contributed by atoms with Crippen molar-refractivity contribution in [2.24, 2.45) is 0 Å². The number of rotatable bonds is 8. The Kier molecular flexibility index (Phi) is 9.27. The molecule has 0 aliphatic carbocycles. The van der Waals surface area contributed by atoms with Crippen molar-refractivity contribution in [3.63, 3.8) is 0 Å². The summed E-state index contributed by atoms with van der Waals surface area (Å²) in [5.74, 6) is 0. The summed E-state index contributed by atoms with van der Waals surface area (Å²) in [6.07, 6.45) is 0. The molecule has 11 aromatic carbocycles. The van der Waals surface area contributed by atoms with Crippen LogP contribution >= 0.6 is 22.7 Å². The Morgan fingerprint density at radius 3 is 1.36 bits per heavy atom. The third-order valence-corrected chi connectivity index (χ3v) is 16.7. The molecule has 0 fully saturated rings. The van der Waals surface area contributed by atoms with Crippen LogP contribution in [0.2, 0.25) is 0 Å². The number of anilines is 6. The molecule has 0 aliphatic heterocycles. The van der Waals surface area contributed by atoms with Gasteiger partial charge < -0.3 is 18.6 Å². The third-order valence-electron chi connectivity index (χ3n) is 14.2. The molecule has 4 nitrogen and oxygen atoms in total. The van der Waals surface area contributed by atoms with Crippen LogP contribution in [0.1, 0.15) is 0 Å². The lowest BCUT2D eigenvalue weighted by Crippen LogP contribution is -2.11. The highest BCUT2D eigenvalue weighted by molar-refractivity contribution is 7.26. The molecule has 15 rings (SSSR count). The summed E-state index contributed by atoms with van der Waals surface area (Å²) in [4.78, 5) is 4.90. The summed E-state index contributed by atoms with van der Waals surface area (Å²) >= 11 is 3.69. The van der Waals surface area contributed by atoms with E-state index >= 15 is 0 Å². The van der Waals surface area contributed by atoms with E-state index in [2.05, 4.69) is 246 Å². The van der Waals surface area contributed by atoms with Crippen molar-refractivity contribution in [3.05, 3.63) is 243 Å². The van der Waals surface area contributed by atoms with Crippen LogP contribution in [0.3, 0.4) is 0 Å². The normalized spacial score (nSPS) is 11.9. The van der Waals surface area contributed by atoms with Crippen LogP contribution in [0.15, 0.2) is 251 Å². The molecule has 4 aromatic heterocycles. The lowest BCUT2D eigenvalue weighted by atomic mass is 9.99. The van der Waals surface area contributed by atoms with Crippen LogP contribution in [0.5, 0.6) is 0 Å². The molecule has 0 bridgehead atoms. The fourth-order valence-electron chi connectivity index (χ4n) is 11.1. The number of hydrogen-bond donors (Lipinski definition) is 0. The highest BCUT2D eigenvalue weighted by Gasteiger charge is 2.26. The van der Waals surface area contributed by atoms with Gasteiger partial charge in [0.05, 0.1) is 42.9 Å². The molecule has 0 aliphatic rings. The van der Waals surface area contributed by atoms with Crippen LogP contribution in [-0.2, 0) is 0 Å². The standard InChI is InChI=1S/C66H40N2O2S2/c1-2-17-41(18-3-1)46-37-38-54(63-52-26-5-9-33-58(52)70-64(46)63)68(56-31-15-28-50-48-24-7-11-36-61(48)72-66(50)56)45-22-13-20-43(40-45)42-19-12-21-44(39-42)67(53-29-16-34-59-62(53)51-25-4-8-32-57(51)69-59)55-30-14-27-49-47-23-6-10-35-60(47)71-65(49)55/h1-40H. The van der Waals surface area contributed by atoms with Crippen molar-refractivity contribution in [2.45, 2.75) is 0 Å². The van der Waals surface area contributed by atoms with Gasteiger partial charge in [-0.1, -0.05) is 158 Å². The van der Waals surface area contributed by atoms with Gasteiger partial charge >= 0.3 is 0 Å². The van der Waals surface area contributed by atoms with E-state index in [0.717, 1.165) is 100 Å². The number of nitrogens with zero attached hydrogens (tertiary/aromatic N) is 2. The van der Waals surface area contributed by atoms with Gasteiger partial charge in [-0.25, -0.2) is 0 Å². The first-order chi connectivity index (χ1) is 35.7. The first kappa shape index (κ1) is 40.9. The van der Waals surface area contributed by atoms with Crippen LogP contribution in [0.4, 0.5) is 34.1 Å². The number of fused-ring (bicyclic) bond motifs is 12. The maximum atomic E-state index is 6.89. The number of benzene rings is 11. The molecule has 0 radical (unpaired) electrons. The molecule has 4 heterocycles. The summed E-state index contributed by atoms with van der Waals surface area (Å²) < 4.78 is 18.4. The first-order valence-corrected chi connectivity index (χ1v) is 25.9. The summed E-state index contributed by atoms with van der Waals surface area (Å²) in [5, 5.41) is 9.34. The highest BCUT2D eigenvalue weighted by Crippen LogP contribution is 2.52. The Hall–Kier alpha value is -8.94. The lowest BCUT2D eigenvalue weighted by molar-refractivity contribution is 0.669. The van der Waals surface area contributed by atoms with E-state index in [4.69, 9.17) is 8.83 Å². The van der Waals surface area contributed by atoms with Gasteiger partial charge in [0, 0.05) is 58.7 Å². The van der Waals surface area contributed by atoms with E-state index < -0.39 is 0 Å². The van der Waals surface area contributed by atoms with E-state index in [9.17, 15) is 0 Å². The predicted molar refractivity (Wildman–Crippen MR) is 307 cm³/mol. The molecule has 0 atom stereocenters. The lowest BCUT2D eigenvalue weighted by Gasteiger charge is -2.28. The summed E-state index contributed by atoms with van der Waals surface area (Å²) in [7, 11) is 0. The number of para-hydroxylation sites is 2. The minimum Gasteiger partial charge on any atom is -0.456 e. The Morgan fingerprint density at radius 1 is 0.292 bits per heavy atom. The topological polar surface area (TPSA) is 32.8 Å². The van der Waals surface area contributed by atoms with Gasteiger partial charge in [0.25, 0.3) is 0 Å². The Balaban J connectivity index is 0.955. The predicted octanol–water partition coefficient (Wildman–Crippen LogP) is 20.5. The van der Waals surface area contributed by atoms with Crippen LogP contribution in [-0.4, -0.2) is 0 Å². The molecule has 0 saturated heterocycles. The summed E-state index contributed by atoms with van der Waals surface area (Å²) in [6.45, 7) is 0. The Bertz CT molecular complexity index is 4620. The molecule has 0 amide bonds.